The first-order chi connectivity index (χ1) is 39.0. The summed E-state index contributed by atoms with van der Waals surface area (Å²) in [6.45, 7) is 10.9. The van der Waals surface area contributed by atoms with E-state index in [9.17, 15) is 28.8 Å². The van der Waals surface area contributed by atoms with Gasteiger partial charge in [-0.1, -0.05) is 14.9 Å². The Labute approximate surface area is 490 Å². The van der Waals surface area contributed by atoms with Gasteiger partial charge in [0.1, 0.15) is 18.3 Å². The number of ether oxygens (including phenoxy) is 15. The van der Waals surface area contributed by atoms with Gasteiger partial charge in [0.25, 0.3) is 0 Å². The van der Waals surface area contributed by atoms with Crippen molar-refractivity contribution >= 4 is 35.4 Å². The molecule has 0 aromatic rings. The molecule has 6 amide bonds. The molecule has 0 spiro atoms. The van der Waals surface area contributed by atoms with E-state index < -0.39 is 0 Å². The fourth-order valence-corrected chi connectivity index (χ4v) is 6.29. The number of carbonyl (C=O) groups excluding carboxylic acids is 6. The lowest BCUT2D eigenvalue weighted by Crippen LogP contribution is -2.37. The second-order valence-electron chi connectivity index (χ2n) is 17.6. The van der Waals surface area contributed by atoms with E-state index in [-0.39, 0.29) is 101 Å². The van der Waals surface area contributed by atoms with E-state index in [0.29, 0.717) is 210 Å². The topological polar surface area (TPSA) is 313 Å². The highest BCUT2D eigenvalue weighted by Crippen LogP contribution is 2.02. The molecule has 488 valence electrons. The molecule has 0 aliphatic carbocycles. The molecule has 3 atom stereocenters. The fraction of sp³-hybridized carbons (Fsp3) is 0.891. The highest BCUT2D eigenvalue weighted by Gasteiger charge is 2.14. The summed E-state index contributed by atoms with van der Waals surface area (Å²) in [6, 6.07) is 0. The number of hydrogen-bond donors (Lipinski definition) is 6. The Hall–Kier alpha value is -3.78. The van der Waals surface area contributed by atoms with E-state index in [1.54, 1.807) is 49.7 Å². The van der Waals surface area contributed by atoms with Gasteiger partial charge in [0.05, 0.1) is 126 Å². The second kappa shape index (κ2) is 68.0. The molecule has 0 rings (SSSR count). The third-order valence-corrected chi connectivity index (χ3v) is 10.7. The van der Waals surface area contributed by atoms with Crippen molar-refractivity contribution in [2.45, 2.75) is 110 Å². The van der Waals surface area contributed by atoms with E-state index in [2.05, 4.69) is 31.9 Å². The Kier molecular flexibility index (Phi) is 70.2. The molecule has 6 N–H and O–H groups in total. The number of hydrogen-bond acceptors (Lipinski definition) is 21. The van der Waals surface area contributed by atoms with Crippen LogP contribution in [0.25, 0.3) is 0 Å². The molecule has 0 saturated heterocycles. The predicted molar refractivity (Wildman–Crippen MR) is 309 cm³/mol. The van der Waals surface area contributed by atoms with Crippen molar-refractivity contribution in [3.8, 4) is 0 Å². The van der Waals surface area contributed by atoms with Gasteiger partial charge in [-0.05, 0) is 38.5 Å². The zero-order valence-corrected chi connectivity index (χ0v) is 49.5. The van der Waals surface area contributed by atoms with E-state index in [4.69, 9.17) is 71.1 Å². The van der Waals surface area contributed by atoms with Crippen LogP contribution in [0.15, 0.2) is 0 Å². The van der Waals surface area contributed by atoms with Gasteiger partial charge in [-0.3, -0.25) is 28.8 Å². The van der Waals surface area contributed by atoms with Crippen molar-refractivity contribution < 1.29 is 99.8 Å². The van der Waals surface area contributed by atoms with E-state index >= 15 is 0 Å². The molecule has 0 saturated carbocycles. The summed E-state index contributed by atoms with van der Waals surface area (Å²) in [5.41, 5.74) is 0. The SMILES string of the molecule is C.C.CNC(=O)CCCC(=O)NCCCOCC(COCCOC)OCCOC.COCCOCC(COCCCNC(=O)CCCC(=O)NCNC(=O)CCCC(=O)NCCCOCC(COCCOC)OCCOC)OCCOC. The van der Waals surface area contributed by atoms with Gasteiger partial charge in [-0.15, -0.1) is 0 Å². The lowest BCUT2D eigenvalue weighted by Gasteiger charge is -2.18. The molecule has 0 bridgehead atoms. The molecular formula is C55H112N6O21. The van der Waals surface area contributed by atoms with Crippen LogP contribution in [0, 0.1) is 0 Å². The van der Waals surface area contributed by atoms with Crippen LogP contribution < -0.4 is 31.9 Å². The van der Waals surface area contributed by atoms with Crippen LogP contribution in [-0.2, 0) is 99.8 Å². The third kappa shape index (κ3) is 63.8. The molecule has 0 aromatic carbocycles. The summed E-state index contributed by atoms with van der Waals surface area (Å²) in [5.74, 6) is -0.940. The number of amides is 6. The maximum Gasteiger partial charge on any atom is 0.221 e. The number of carbonyl (C=O) groups is 6. The molecule has 0 heterocycles. The van der Waals surface area contributed by atoms with E-state index in [1.165, 1.54) is 0 Å². The van der Waals surface area contributed by atoms with Crippen molar-refractivity contribution in [1.82, 2.24) is 31.9 Å². The minimum absolute atomic E-state index is 0. The first kappa shape index (κ1) is 84.7. The summed E-state index contributed by atoms with van der Waals surface area (Å²) in [7, 11) is 11.3. The summed E-state index contributed by atoms with van der Waals surface area (Å²) in [5, 5.41) is 16.2. The number of nitrogens with one attached hydrogen (secondary N) is 6. The van der Waals surface area contributed by atoms with Gasteiger partial charge in [0.15, 0.2) is 0 Å². The van der Waals surface area contributed by atoms with Gasteiger partial charge >= 0.3 is 0 Å². The third-order valence-electron chi connectivity index (χ3n) is 10.7. The lowest BCUT2D eigenvalue weighted by atomic mass is 10.2. The van der Waals surface area contributed by atoms with Crippen molar-refractivity contribution in [3.63, 3.8) is 0 Å². The fourth-order valence-electron chi connectivity index (χ4n) is 6.29. The molecule has 27 nitrogen and oxygen atoms in total. The van der Waals surface area contributed by atoms with Crippen molar-refractivity contribution in [3.05, 3.63) is 0 Å². The molecule has 3 unspecified atom stereocenters. The summed E-state index contributed by atoms with van der Waals surface area (Å²) in [6.07, 6.45) is 4.07. The van der Waals surface area contributed by atoms with Crippen LogP contribution in [0.1, 0.15) is 91.9 Å². The summed E-state index contributed by atoms with van der Waals surface area (Å²) in [4.78, 5) is 71.0. The Morgan fingerprint density at radius 1 is 0.293 bits per heavy atom. The lowest BCUT2D eigenvalue weighted by molar-refractivity contribution is -0.124. The molecule has 0 aliphatic heterocycles. The number of methoxy groups -OCH3 is 6. The first-order valence-electron chi connectivity index (χ1n) is 27.8. The quantitative estimate of drug-likeness (QED) is 0.0370. The van der Waals surface area contributed by atoms with Crippen LogP contribution in [-0.4, -0.2) is 269 Å². The van der Waals surface area contributed by atoms with Crippen LogP contribution in [0.2, 0.25) is 0 Å². The zero-order valence-electron chi connectivity index (χ0n) is 49.5. The van der Waals surface area contributed by atoms with Crippen LogP contribution in [0.3, 0.4) is 0 Å². The Bertz CT molecular complexity index is 1380. The van der Waals surface area contributed by atoms with Crippen molar-refractivity contribution in [1.29, 1.82) is 0 Å². The molecule has 82 heavy (non-hydrogen) atoms. The highest BCUT2D eigenvalue weighted by atomic mass is 16.6. The molecule has 27 heteroatoms. The normalized spacial score (nSPS) is 11.9. The highest BCUT2D eigenvalue weighted by molar-refractivity contribution is 5.81. The standard InChI is InChI=1S/C35H68N4O14.C18H36N2O7.2CH4/c1-44-17-21-50-27-30(52-23-19-46-3)25-48-15-7-13-36-32(40)9-5-11-34(42)38-29-39-35(43)12-6-10-33(41)37-14-8-16-49-26-31(53-24-20-47-4)28-51-22-18-45-2;1-19-17(21)6-4-7-18(22)20-8-5-9-25-14-16(27-13-11-24-3)15-26-12-10-23-2;;/h30-31H,5-29H2,1-4H3,(H,36,40)(H,37,41)(H,38,42)(H,39,43);16H,4-15H2,1-3H3,(H,19,21)(H,20,22);2*1H4. The smallest absolute Gasteiger partial charge is 0.221 e. The van der Waals surface area contributed by atoms with Gasteiger partial charge in [-0.2, -0.15) is 0 Å². The van der Waals surface area contributed by atoms with Gasteiger partial charge in [-0.25, -0.2) is 0 Å². The van der Waals surface area contributed by atoms with Crippen molar-refractivity contribution in [2.75, 3.05) is 215 Å². The van der Waals surface area contributed by atoms with Crippen molar-refractivity contribution in [2.24, 2.45) is 0 Å². The monoisotopic (exact) mass is 1190 g/mol. The minimum Gasteiger partial charge on any atom is -0.382 e. The largest absolute Gasteiger partial charge is 0.382 e. The van der Waals surface area contributed by atoms with Gasteiger partial charge < -0.3 is 103 Å². The molecule has 0 aliphatic rings. The Morgan fingerprint density at radius 3 is 0.780 bits per heavy atom. The Morgan fingerprint density at radius 2 is 0.524 bits per heavy atom. The maximum atomic E-state index is 12.1. The molecule has 0 aromatic heterocycles. The minimum atomic E-state index is -0.270. The van der Waals surface area contributed by atoms with Crippen LogP contribution in [0.5, 0.6) is 0 Å². The predicted octanol–water partition coefficient (Wildman–Crippen LogP) is 1.34. The van der Waals surface area contributed by atoms with Crippen LogP contribution >= 0.6 is 0 Å². The van der Waals surface area contributed by atoms with Crippen LogP contribution in [0.4, 0.5) is 0 Å². The molecule has 0 fully saturated rings. The van der Waals surface area contributed by atoms with Gasteiger partial charge in [0, 0.05) is 128 Å². The van der Waals surface area contributed by atoms with Gasteiger partial charge in [0.2, 0.25) is 35.4 Å². The number of rotatable bonds is 59. The first-order valence-corrected chi connectivity index (χ1v) is 27.8. The van der Waals surface area contributed by atoms with E-state index in [0.717, 1.165) is 0 Å². The molecular weight excluding hydrogens is 1080 g/mol. The zero-order chi connectivity index (χ0) is 59.2. The molecule has 0 radical (unpaired) electrons. The summed E-state index contributed by atoms with van der Waals surface area (Å²) < 4.78 is 80.4. The average Bonchev–Trinajstić information content (AvgIpc) is 3.44. The Balaban J connectivity index is -0.000000884. The average molecular weight is 1190 g/mol. The summed E-state index contributed by atoms with van der Waals surface area (Å²) >= 11 is 0. The van der Waals surface area contributed by atoms with E-state index in [1.807, 2.05) is 0 Å². The maximum absolute atomic E-state index is 12.1. The second-order valence-corrected chi connectivity index (χ2v) is 17.6.